The largest absolute Gasteiger partial charge is 0.497 e. The molecule has 0 spiro atoms. The van der Waals surface area contributed by atoms with E-state index in [0.29, 0.717) is 26.9 Å². The first-order valence-corrected chi connectivity index (χ1v) is 10.4. The predicted octanol–water partition coefficient (Wildman–Crippen LogP) is 2.44. The number of ether oxygens (including phenoxy) is 1. The van der Waals surface area contributed by atoms with Gasteiger partial charge in [0.2, 0.25) is 5.91 Å². The number of Topliss-reactive ketones (excluding diaryl/α,β-unsaturated/α-hetero) is 1. The standard InChI is InChI=1S/C21H20N2O6S/c1-13-20(16-6-10-18(29-3)11-7-16)30(27,28)23(21(13)26)12-19(25)22-17-8-4-15(5-9-17)14(2)24/h4-11H,12H2,1-3H3,(H,22,25). The number of carbonyl (C=O) groups excluding carboxylic acids is 3. The van der Waals surface area contributed by atoms with Crippen LogP contribution < -0.4 is 10.1 Å². The lowest BCUT2D eigenvalue weighted by Crippen LogP contribution is -2.38. The van der Waals surface area contributed by atoms with Crippen LogP contribution in [0.25, 0.3) is 4.91 Å². The zero-order valence-electron chi connectivity index (χ0n) is 16.6. The number of sulfonamides is 1. The number of hydrogen-bond donors (Lipinski definition) is 1. The Hall–Kier alpha value is -3.46. The Morgan fingerprint density at radius 1 is 1.03 bits per heavy atom. The van der Waals surface area contributed by atoms with Crippen LogP contribution in [0, 0.1) is 0 Å². The summed E-state index contributed by atoms with van der Waals surface area (Å²) in [5.41, 5.74) is 1.24. The van der Waals surface area contributed by atoms with Gasteiger partial charge in [0.15, 0.2) is 5.78 Å². The lowest BCUT2D eigenvalue weighted by molar-refractivity contribution is -0.126. The highest BCUT2D eigenvalue weighted by Gasteiger charge is 2.43. The minimum atomic E-state index is -4.19. The number of hydrogen-bond acceptors (Lipinski definition) is 6. The lowest BCUT2D eigenvalue weighted by Gasteiger charge is -2.16. The molecule has 0 saturated carbocycles. The number of carbonyl (C=O) groups is 3. The normalized spacial score (nSPS) is 15.3. The van der Waals surface area contributed by atoms with Crippen molar-refractivity contribution < 1.29 is 27.5 Å². The van der Waals surface area contributed by atoms with E-state index in [1.165, 1.54) is 33.1 Å². The molecule has 156 valence electrons. The van der Waals surface area contributed by atoms with Crippen molar-refractivity contribution in [2.24, 2.45) is 0 Å². The van der Waals surface area contributed by atoms with Crippen molar-refractivity contribution in [1.82, 2.24) is 4.31 Å². The fourth-order valence-corrected chi connectivity index (χ4v) is 4.85. The van der Waals surface area contributed by atoms with Crippen molar-refractivity contribution in [2.45, 2.75) is 13.8 Å². The Balaban J connectivity index is 1.79. The van der Waals surface area contributed by atoms with Crippen LogP contribution in [0.5, 0.6) is 5.75 Å². The van der Waals surface area contributed by atoms with Crippen LogP contribution in [-0.2, 0) is 19.6 Å². The molecule has 3 rings (SSSR count). The van der Waals surface area contributed by atoms with Gasteiger partial charge in [0, 0.05) is 16.8 Å². The van der Waals surface area contributed by atoms with Crippen molar-refractivity contribution in [2.75, 3.05) is 19.0 Å². The van der Waals surface area contributed by atoms with Gasteiger partial charge in [-0.1, -0.05) is 0 Å². The van der Waals surface area contributed by atoms with Gasteiger partial charge in [-0.3, -0.25) is 14.4 Å². The SMILES string of the molecule is COc1ccc(C2=C(C)C(=O)N(CC(=O)Nc3ccc(C(C)=O)cc3)S2(=O)=O)cc1. The van der Waals surface area contributed by atoms with Gasteiger partial charge in [0.25, 0.3) is 15.9 Å². The molecule has 0 fully saturated rings. The number of nitrogens with one attached hydrogen (secondary N) is 1. The first-order chi connectivity index (χ1) is 14.1. The molecule has 0 aliphatic carbocycles. The van der Waals surface area contributed by atoms with Crippen molar-refractivity contribution in [1.29, 1.82) is 0 Å². The molecule has 0 atom stereocenters. The molecule has 0 aromatic heterocycles. The van der Waals surface area contributed by atoms with Crippen molar-refractivity contribution in [3.05, 3.63) is 65.2 Å². The van der Waals surface area contributed by atoms with Crippen molar-refractivity contribution in [3.63, 3.8) is 0 Å². The Kier molecular flexibility index (Phi) is 5.75. The summed E-state index contributed by atoms with van der Waals surface area (Å²) in [6, 6.07) is 12.4. The predicted molar refractivity (Wildman–Crippen MR) is 111 cm³/mol. The average molecular weight is 428 g/mol. The fraction of sp³-hybridized carbons (Fsp3) is 0.190. The van der Waals surface area contributed by atoms with E-state index in [-0.39, 0.29) is 16.3 Å². The fourth-order valence-electron chi connectivity index (χ4n) is 3.08. The molecular weight excluding hydrogens is 408 g/mol. The molecule has 2 aromatic carbocycles. The minimum absolute atomic E-state index is 0.0405. The maximum Gasteiger partial charge on any atom is 0.268 e. The van der Waals surface area contributed by atoms with E-state index in [1.54, 1.807) is 36.4 Å². The highest BCUT2D eigenvalue weighted by Crippen LogP contribution is 2.35. The third kappa shape index (κ3) is 3.97. The molecule has 1 N–H and O–H groups in total. The van der Waals surface area contributed by atoms with Gasteiger partial charge in [-0.15, -0.1) is 0 Å². The van der Waals surface area contributed by atoms with E-state index >= 15 is 0 Å². The Morgan fingerprint density at radius 2 is 1.63 bits per heavy atom. The van der Waals surface area contributed by atoms with Crippen molar-refractivity contribution >= 4 is 38.2 Å². The monoisotopic (exact) mass is 428 g/mol. The van der Waals surface area contributed by atoms with Crippen molar-refractivity contribution in [3.8, 4) is 5.75 Å². The molecule has 0 bridgehead atoms. The van der Waals surface area contributed by atoms with Crippen LogP contribution in [0.2, 0.25) is 0 Å². The molecule has 0 saturated heterocycles. The van der Waals surface area contributed by atoms with Crippen LogP contribution in [0.4, 0.5) is 5.69 Å². The van der Waals surface area contributed by atoms with Crippen LogP contribution in [-0.4, -0.2) is 44.0 Å². The maximum atomic E-state index is 13.0. The minimum Gasteiger partial charge on any atom is -0.497 e. The molecule has 9 heteroatoms. The third-order valence-electron chi connectivity index (χ3n) is 4.65. The van der Waals surface area contributed by atoms with Gasteiger partial charge in [-0.2, -0.15) is 0 Å². The van der Waals surface area contributed by atoms with Gasteiger partial charge < -0.3 is 10.1 Å². The van der Waals surface area contributed by atoms with E-state index in [0.717, 1.165) is 0 Å². The maximum absolute atomic E-state index is 13.0. The summed E-state index contributed by atoms with van der Waals surface area (Å²) in [5, 5.41) is 2.53. The highest BCUT2D eigenvalue weighted by molar-refractivity contribution is 7.99. The summed E-state index contributed by atoms with van der Waals surface area (Å²) < 4.78 is 31.6. The number of ketones is 1. The van der Waals surface area contributed by atoms with E-state index < -0.39 is 28.4 Å². The summed E-state index contributed by atoms with van der Waals surface area (Å²) in [6.45, 7) is 2.18. The lowest BCUT2D eigenvalue weighted by atomic mass is 10.1. The zero-order valence-corrected chi connectivity index (χ0v) is 17.4. The molecule has 0 unspecified atom stereocenters. The molecule has 2 aromatic rings. The number of benzene rings is 2. The van der Waals surface area contributed by atoms with Gasteiger partial charge in [0.05, 0.1) is 7.11 Å². The molecule has 30 heavy (non-hydrogen) atoms. The molecule has 8 nitrogen and oxygen atoms in total. The summed E-state index contributed by atoms with van der Waals surface area (Å²) in [7, 11) is -2.70. The zero-order chi connectivity index (χ0) is 22.1. The highest BCUT2D eigenvalue weighted by atomic mass is 32.2. The second-order valence-electron chi connectivity index (χ2n) is 6.68. The second kappa shape index (κ2) is 8.11. The quantitative estimate of drug-likeness (QED) is 0.708. The smallest absolute Gasteiger partial charge is 0.268 e. The summed E-state index contributed by atoms with van der Waals surface area (Å²) >= 11 is 0. The molecule has 1 aliphatic heterocycles. The number of methoxy groups -OCH3 is 1. The van der Waals surface area contributed by atoms with E-state index in [4.69, 9.17) is 4.74 Å². The van der Waals surface area contributed by atoms with Gasteiger partial charge in [0.1, 0.15) is 17.2 Å². The number of amides is 2. The third-order valence-corrected chi connectivity index (χ3v) is 6.58. The van der Waals surface area contributed by atoms with Crippen LogP contribution in [0.15, 0.2) is 54.1 Å². The van der Waals surface area contributed by atoms with Crippen LogP contribution in [0.1, 0.15) is 29.8 Å². The second-order valence-corrected chi connectivity index (χ2v) is 8.48. The molecule has 2 amide bonds. The number of nitrogens with zero attached hydrogens (tertiary/aromatic N) is 1. The van der Waals surface area contributed by atoms with Gasteiger partial charge in [-0.25, -0.2) is 12.7 Å². The van der Waals surface area contributed by atoms with E-state index in [1.807, 2.05) is 0 Å². The first-order valence-electron chi connectivity index (χ1n) is 8.98. The van der Waals surface area contributed by atoms with E-state index in [2.05, 4.69) is 5.32 Å². The van der Waals surface area contributed by atoms with Gasteiger partial charge in [-0.05, 0) is 67.9 Å². The number of rotatable bonds is 6. The Bertz CT molecular complexity index is 1150. The molecule has 0 radical (unpaired) electrons. The van der Waals surface area contributed by atoms with Crippen LogP contribution in [0.3, 0.4) is 0 Å². The molecule has 1 aliphatic rings. The van der Waals surface area contributed by atoms with Crippen LogP contribution >= 0.6 is 0 Å². The number of anilines is 1. The molecule has 1 heterocycles. The van der Waals surface area contributed by atoms with E-state index in [9.17, 15) is 22.8 Å². The Morgan fingerprint density at radius 3 is 2.17 bits per heavy atom. The Labute approximate surface area is 174 Å². The summed E-state index contributed by atoms with van der Waals surface area (Å²) in [6.07, 6.45) is 0. The molecular formula is C21H20N2O6S. The topological polar surface area (TPSA) is 110 Å². The first kappa shape index (κ1) is 21.3. The summed E-state index contributed by atoms with van der Waals surface area (Å²) in [5.74, 6) is -0.992. The van der Waals surface area contributed by atoms with Gasteiger partial charge >= 0.3 is 0 Å². The summed E-state index contributed by atoms with van der Waals surface area (Å²) in [4.78, 5) is 36.2. The average Bonchev–Trinajstić information content (AvgIpc) is 2.87.